The molecule has 2 bridgehead atoms. The Morgan fingerprint density at radius 3 is 2.41 bits per heavy atom. The number of benzene rings is 1. The molecular weight excluding hydrogens is 407 g/mol. The number of esters is 1. The summed E-state index contributed by atoms with van der Waals surface area (Å²) in [6.45, 7) is 6.64. The summed E-state index contributed by atoms with van der Waals surface area (Å²) in [7, 11) is 3.11. The number of hydrogen-bond donors (Lipinski definition) is 0. The standard InChI is InChI=1S/C22H30O4Se/c1-21(2)15-11-12-22(21,3)20(24)19(15)27-16(13-17(23)25-4)18(26-5)14-9-7-6-8-10-14/h6-10,15-16,18-19H,11-13H2,1-5H3/t15-,16?,18?,19+,22+/m1/s1. The summed E-state index contributed by atoms with van der Waals surface area (Å²) >= 11 is -0.0398. The first-order chi connectivity index (χ1) is 12.8. The zero-order valence-electron chi connectivity index (χ0n) is 16.9. The van der Waals surface area contributed by atoms with Crippen LogP contribution < -0.4 is 0 Å². The van der Waals surface area contributed by atoms with Crippen LogP contribution in [-0.4, -0.2) is 40.9 Å². The van der Waals surface area contributed by atoms with E-state index in [-0.39, 0.29) is 53.9 Å². The zero-order valence-corrected chi connectivity index (χ0v) is 18.6. The Bertz CT molecular complexity index is 702. The number of hydrogen-bond acceptors (Lipinski definition) is 4. The Hall–Kier alpha value is -1.16. The minimum absolute atomic E-state index is 0.0231. The van der Waals surface area contributed by atoms with E-state index in [0.717, 1.165) is 18.4 Å². The van der Waals surface area contributed by atoms with Crippen molar-refractivity contribution in [2.75, 3.05) is 14.2 Å². The van der Waals surface area contributed by atoms with Crippen LogP contribution in [0.1, 0.15) is 51.7 Å². The van der Waals surface area contributed by atoms with Crippen molar-refractivity contribution >= 4 is 26.7 Å². The van der Waals surface area contributed by atoms with E-state index in [4.69, 9.17) is 9.47 Å². The Morgan fingerprint density at radius 2 is 1.89 bits per heavy atom. The van der Waals surface area contributed by atoms with Crippen LogP contribution in [0.5, 0.6) is 0 Å². The van der Waals surface area contributed by atoms with E-state index in [1.807, 2.05) is 30.3 Å². The Balaban J connectivity index is 1.89. The van der Waals surface area contributed by atoms with Gasteiger partial charge >= 0.3 is 168 Å². The monoisotopic (exact) mass is 438 g/mol. The number of carbonyl (C=O) groups is 2. The molecule has 1 aromatic carbocycles. The first-order valence-electron chi connectivity index (χ1n) is 9.60. The average molecular weight is 437 g/mol. The molecule has 27 heavy (non-hydrogen) atoms. The van der Waals surface area contributed by atoms with Crippen molar-refractivity contribution in [2.24, 2.45) is 16.7 Å². The SMILES string of the molecule is COC(=O)CC([Se][C@@H]1C(=O)[C@]2(C)CC[C@H]1C2(C)C)C(OC)c1ccccc1. The predicted molar refractivity (Wildman–Crippen MR) is 106 cm³/mol. The van der Waals surface area contributed by atoms with Crippen LogP contribution in [0.25, 0.3) is 0 Å². The summed E-state index contributed by atoms with van der Waals surface area (Å²) in [6.07, 6.45) is 2.19. The van der Waals surface area contributed by atoms with Crippen molar-refractivity contribution in [1.82, 2.24) is 0 Å². The van der Waals surface area contributed by atoms with Gasteiger partial charge in [-0.25, -0.2) is 0 Å². The van der Waals surface area contributed by atoms with Gasteiger partial charge in [0.15, 0.2) is 0 Å². The summed E-state index contributed by atoms with van der Waals surface area (Å²) in [5.74, 6) is 0.575. The fourth-order valence-corrected chi connectivity index (χ4v) is 9.31. The van der Waals surface area contributed by atoms with Crippen LogP contribution >= 0.6 is 0 Å². The van der Waals surface area contributed by atoms with Crippen LogP contribution in [0.2, 0.25) is 9.63 Å². The normalized spacial score (nSPS) is 30.9. The fraction of sp³-hybridized carbons (Fsp3) is 0.636. The van der Waals surface area contributed by atoms with Gasteiger partial charge in [0.1, 0.15) is 0 Å². The second-order valence-electron chi connectivity index (χ2n) is 8.51. The number of ether oxygens (including phenoxy) is 2. The molecule has 0 heterocycles. The van der Waals surface area contributed by atoms with Crippen molar-refractivity contribution in [3.63, 3.8) is 0 Å². The molecule has 0 aromatic heterocycles. The third-order valence-corrected chi connectivity index (χ3v) is 10.5. The maximum atomic E-state index is 13.3. The van der Waals surface area contributed by atoms with E-state index in [1.54, 1.807) is 7.11 Å². The van der Waals surface area contributed by atoms with E-state index in [0.29, 0.717) is 11.7 Å². The molecule has 0 N–H and O–H groups in total. The second kappa shape index (κ2) is 7.69. The molecule has 2 unspecified atom stereocenters. The van der Waals surface area contributed by atoms with E-state index in [2.05, 4.69) is 20.8 Å². The molecule has 0 saturated heterocycles. The van der Waals surface area contributed by atoms with Gasteiger partial charge in [0.05, 0.1) is 0 Å². The van der Waals surface area contributed by atoms with Gasteiger partial charge in [-0.05, 0) is 0 Å². The first kappa shape index (κ1) is 20.6. The number of ketones is 1. The van der Waals surface area contributed by atoms with E-state index < -0.39 is 0 Å². The van der Waals surface area contributed by atoms with Crippen molar-refractivity contribution < 1.29 is 19.1 Å². The number of fused-ring (bicyclic) bond motifs is 2. The van der Waals surface area contributed by atoms with Crippen LogP contribution in [0.15, 0.2) is 30.3 Å². The molecule has 0 spiro atoms. The minimum atomic E-state index is -0.235. The van der Waals surface area contributed by atoms with E-state index in [9.17, 15) is 9.59 Å². The van der Waals surface area contributed by atoms with Crippen molar-refractivity contribution in [2.45, 2.75) is 55.8 Å². The summed E-state index contributed by atoms with van der Waals surface area (Å²) in [5.41, 5.74) is 0.855. The quantitative estimate of drug-likeness (QED) is 0.473. The van der Waals surface area contributed by atoms with Crippen molar-refractivity contribution in [3.8, 4) is 0 Å². The van der Waals surface area contributed by atoms with Crippen LogP contribution in [-0.2, 0) is 19.1 Å². The Morgan fingerprint density at radius 1 is 1.22 bits per heavy atom. The number of methoxy groups -OCH3 is 2. The molecule has 5 heteroatoms. The number of rotatable bonds is 7. The fourth-order valence-electron chi connectivity index (χ4n) is 4.97. The second-order valence-corrected chi connectivity index (χ2v) is 11.4. The van der Waals surface area contributed by atoms with Gasteiger partial charge in [-0.3, -0.25) is 0 Å². The van der Waals surface area contributed by atoms with Crippen molar-refractivity contribution in [3.05, 3.63) is 35.9 Å². The van der Waals surface area contributed by atoms with Gasteiger partial charge < -0.3 is 0 Å². The molecular formula is C22H30O4Se. The van der Waals surface area contributed by atoms with Gasteiger partial charge in [-0.1, -0.05) is 0 Å². The zero-order chi connectivity index (χ0) is 19.8. The van der Waals surface area contributed by atoms with Gasteiger partial charge in [-0.2, -0.15) is 0 Å². The summed E-state index contributed by atoms with van der Waals surface area (Å²) in [6, 6.07) is 10.00. The number of carbonyl (C=O) groups excluding carboxylic acids is 2. The van der Waals surface area contributed by atoms with Gasteiger partial charge in [0, 0.05) is 0 Å². The molecule has 2 aliphatic rings. The van der Waals surface area contributed by atoms with Gasteiger partial charge in [0.25, 0.3) is 0 Å². The summed E-state index contributed by atoms with van der Waals surface area (Å²) in [5, 5.41) is 0. The molecule has 0 radical (unpaired) electrons. The van der Waals surface area contributed by atoms with Crippen LogP contribution in [0.4, 0.5) is 0 Å². The summed E-state index contributed by atoms with van der Waals surface area (Å²) < 4.78 is 10.8. The molecule has 1 aromatic rings. The third kappa shape index (κ3) is 3.39. The molecule has 5 atom stereocenters. The molecule has 4 nitrogen and oxygen atoms in total. The van der Waals surface area contributed by atoms with Crippen LogP contribution in [0.3, 0.4) is 0 Å². The number of Topliss-reactive ketones (excluding diaryl/α,β-unsaturated/α-hetero) is 1. The molecule has 2 saturated carbocycles. The van der Waals surface area contributed by atoms with Gasteiger partial charge in [-0.15, -0.1) is 0 Å². The Labute approximate surface area is 168 Å². The van der Waals surface area contributed by atoms with Crippen molar-refractivity contribution in [1.29, 1.82) is 0 Å². The molecule has 3 rings (SSSR count). The molecule has 2 aliphatic carbocycles. The van der Waals surface area contributed by atoms with Crippen LogP contribution in [0, 0.1) is 16.7 Å². The average Bonchev–Trinajstić information content (AvgIpc) is 2.96. The van der Waals surface area contributed by atoms with Gasteiger partial charge in [0.2, 0.25) is 0 Å². The molecule has 0 aliphatic heterocycles. The summed E-state index contributed by atoms with van der Waals surface area (Å²) in [4.78, 5) is 25.5. The molecule has 0 amide bonds. The first-order valence-corrected chi connectivity index (χ1v) is 11.6. The predicted octanol–water partition coefficient (Wildman–Crippen LogP) is 4.24. The molecule has 2 fully saturated rings. The Kier molecular flexibility index (Phi) is 5.86. The topological polar surface area (TPSA) is 52.6 Å². The van der Waals surface area contributed by atoms with E-state index in [1.165, 1.54) is 7.11 Å². The van der Waals surface area contributed by atoms with E-state index >= 15 is 0 Å². The third-order valence-electron chi connectivity index (χ3n) is 7.11. The molecule has 148 valence electrons. The maximum absolute atomic E-state index is 13.3.